The molecule has 0 aliphatic heterocycles. The lowest BCUT2D eigenvalue weighted by Crippen LogP contribution is -2.12. The quantitative estimate of drug-likeness (QED) is 0.621. The minimum atomic E-state index is -0.455. The summed E-state index contributed by atoms with van der Waals surface area (Å²) in [5.74, 6) is -1.02. The van der Waals surface area contributed by atoms with Crippen LogP contribution >= 0.6 is 0 Å². The fourth-order valence-corrected chi connectivity index (χ4v) is 2.20. The molecular formula is C17H17NO5. The van der Waals surface area contributed by atoms with Crippen LogP contribution in [0.2, 0.25) is 0 Å². The summed E-state index contributed by atoms with van der Waals surface area (Å²) in [6.07, 6.45) is 0.0988. The Kier molecular flexibility index (Phi) is 4.95. The van der Waals surface area contributed by atoms with E-state index in [9.17, 15) is 14.4 Å². The van der Waals surface area contributed by atoms with E-state index in [1.54, 1.807) is 35.9 Å². The summed E-state index contributed by atoms with van der Waals surface area (Å²) < 4.78 is 10.9. The highest BCUT2D eigenvalue weighted by Crippen LogP contribution is 2.15. The molecule has 0 aliphatic carbocycles. The van der Waals surface area contributed by atoms with Gasteiger partial charge in [0.25, 0.3) is 0 Å². The molecule has 1 aromatic carbocycles. The fourth-order valence-electron chi connectivity index (χ4n) is 2.20. The van der Waals surface area contributed by atoms with Crippen molar-refractivity contribution in [2.45, 2.75) is 6.42 Å². The number of carbonyl (C=O) groups excluding carboxylic acids is 3. The summed E-state index contributed by atoms with van der Waals surface area (Å²) in [5.41, 5.74) is 1.96. The molecular weight excluding hydrogens is 298 g/mol. The smallest absolute Gasteiger partial charge is 0.337 e. The number of ketones is 1. The van der Waals surface area contributed by atoms with E-state index in [1.165, 1.54) is 26.4 Å². The Morgan fingerprint density at radius 3 is 2.09 bits per heavy atom. The molecule has 2 aromatic rings. The zero-order chi connectivity index (χ0) is 17.0. The first-order valence-electron chi connectivity index (χ1n) is 6.92. The molecule has 0 saturated heterocycles. The average molecular weight is 315 g/mol. The van der Waals surface area contributed by atoms with Crippen LogP contribution in [0.1, 0.15) is 32.1 Å². The van der Waals surface area contributed by atoms with Gasteiger partial charge in [-0.05, 0) is 24.3 Å². The monoisotopic (exact) mass is 315 g/mol. The van der Waals surface area contributed by atoms with Crippen LogP contribution < -0.4 is 0 Å². The predicted molar refractivity (Wildman–Crippen MR) is 82.3 cm³/mol. The second kappa shape index (κ2) is 6.91. The van der Waals surface area contributed by atoms with Gasteiger partial charge in [0.05, 0.1) is 31.9 Å². The first-order chi connectivity index (χ1) is 11.0. The zero-order valence-corrected chi connectivity index (χ0v) is 13.2. The molecule has 23 heavy (non-hydrogen) atoms. The van der Waals surface area contributed by atoms with E-state index in [0.29, 0.717) is 22.5 Å². The zero-order valence-electron chi connectivity index (χ0n) is 13.2. The molecule has 0 aliphatic rings. The summed E-state index contributed by atoms with van der Waals surface area (Å²) in [4.78, 5) is 35.3. The molecule has 1 heterocycles. The number of nitrogens with zero attached hydrogens (tertiary/aromatic N) is 1. The van der Waals surface area contributed by atoms with Crippen molar-refractivity contribution in [1.82, 2.24) is 4.57 Å². The molecule has 6 nitrogen and oxygen atoms in total. The van der Waals surface area contributed by atoms with Crippen LogP contribution in [0.5, 0.6) is 0 Å². The van der Waals surface area contributed by atoms with E-state index >= 15 is 0 Å². The van der Waals surface area contributed by atoms with E-state index in [-0.39, 0.29) is 18.2 Å². The van der Waals surface area contributed by atoms with Gasteiger partial charge in [-0.3, -0.25) is 9.59 Å². The van der Waals surface area contributed by atoms with Crippen LogP contribution in [0, 0.1) is 0 Å². The highest BCUT2D eigenvalue weighted by Gasteiger charge is 2.17. The molecule has 0 bridgehead atoms. The van der Waals surface area contributed by atoms with Gasteiger partial charge in [-0.15, -0.1) is 0 Å². The van der Waals surface area contributed by atoms with Gasteiger partial charge in [0, 0.05) is 18.3 Å². The highest BCUT2D eigenvalue weighted by molar-refractivity contribution is 6.08. The number of hydrogen-bond donors (Lipinski definition) is 0. The van der Waals surface area contributed by atoms with Crippen molar-refractivity contribution in [3.63, 3.8) is 0 Å². The molecule has 0 atom stereocenters. The molecule has 120 valence electrons. The minimum Gasteiger partial charge on any atom is -0.469 e. The molecule has 0 saturated carbocycles. The molecule has 0 unspecified atom stereocenters. The number of hydrogen-bond acceptors (Lipinski definition) is 5. The second-order valence-electron chi connectivity index (χ2n) is 4.92. The Labute approximate surface area is 133 Å². The van der Waals surface area contributed by atoms with Crippen LogP contribution in [0.3, 0.4) is 0 Å². The molecule has 2 rings (SSSR count). The summed E-state index contributed by atoms with van der Waals surface area (Å²) in [6, 6.07) is 9.60. The summed E-state index contributed by atoms with van der Waals surface area (Å²) in [6.45, 7) is 0. The largest absolute Gasteiger partial charge is 0.469 e. The normalized spacial score (nSPS) is 10.2. The highest BCUT2D eigenvalue weighted by atomic mass is 16.5. The standard InChI is InChI=1S/C17H17NO5/c1-18-13(10-15(19)22-2)8-9-14(18)16(20)11-4-6-12(7-5-11)17(21)23-3/h4-9H,10H2,1-3H3. The van der Waals surface area contributed by atoms with Gasteiger partial charge < -0.3 is 14.0 Å². The van der Waals surface area contributed by atoms with Crippen molar-refractivity contribution in [3.8, 4) is 0 Å². The number of methoxy groups -OCH3 is 2. The first kappa shape index (κ1) is 16.5. The molecule has 1 aromatic heterocycles. The van der Waals surface area contributed by atoms with Crippen molar-refractivity contribution in [2.75, 3.05) is 14.2 Å². The van der Waals surface area contributed by atoms with Crippen LogP contribution in [0.4, 0.5) is 0 Å². The number of carbonyl (C=O) groups is 3. The van der Waals surface area contributed by atoms with Crippen molar-refractivity contribution in [1.29, 1.82) is 0 Å². The van der Waals surface area contributed by atoms with Gasteiger partial charge in [-0.1, -0.05) is 12.1 Å². The molecule has 0 N–H and O–H groups in total. The van der Waals surface area contributed by atoms with Crippen molar-refractivity contribution < 1.29 is 23.9 Å². The second-order valence-corrected chi connectivity index (χ2v) is 4.92. The number of ether oxygens (including phenoxy) is 2. The lowest BCUT2D eigenvalue weighted by molar-refractivity contribution is -0.139. The average Bonchev–Trinajstić information content (AvgIpc) is 2.94. The van der Waals surface area contributed by atoms with Gasteiger partial charge in [0.15, 0.2) is 0 Å². The van der Waals surface area contributed by atoms with Gasteiger partial charge in [0.2, 0.25) is 5.78 Å². The molecule has 0 fully saturated rings. The lowest BCUT2D eigenvalue weighted by atomic mass is 10.1. The third-order valence-corrected chi connectivity index (χ3v) is 3.58. The number of aromatic nitrogens is 1. The molecule has 0 spiro atoms. The maximum absolute atomic E-state index is 12.5. The maximum atomic E-state index is 12.5. The summed E-state index contributed by atoms with van der Waals surface area (Å²) >= 11 is 0. The Hall–Kier alpha value is -2.89. The molecule has 6 heteroatoms. The Bertz CT molecular complexity index is 743. The van der Waals surface area contributed by atoms with Gasteiger partial charge in [0.1, 0.15) is 0 Å². The summed E-state index contributed by atoms with van der Waals surface area (Å²) in [5, 5.41) is 0. The lowest BCUT2D eigenvalue weighted by Gasteiger charge is -2.07. The number of rotatable bonds is 5. The number of esters is 2. The minimum absolute atomic E-state index is 0.0988. The van der Waals surface area contributed by atoms with Gasteiger partial charge >= 0.3 is 11.9 Å². The number of benzene rings is 1. The van der Waals surface area contributed by atoms with E-state index < -0.39 is 5.97 Å². The molecule has 0 amide bonds. The van der Waals surface area contributed by atoms with Crippen LogP contribution in [0.15, 0.2) is 36.4 Å². The van der Waals surface area contributed by atoms with Crippen LogP contribution in [-0.2, 0) is 27.7 Å². The van der Waals surface area contributed by atoms with Crippen molar-refractivity contribution in [2.24, 2.45) is 7.05 Å². The predicted octanol–water partition coefficient (Wildman–Crippen LogP) is 1.76. The Balaban J connectivity index is 2.24. The SMILES string of the molecule is COC(=O)Cc1ccc(C(=O)c2ccc(C(=O)OC)cc2)n1C. The summed E-state index contributed by atoms with van der Waals surface area (Å²) in [7, 11) is 4.34. The first-order valence-corrected chi connectivity index (χ1v) is 6.92. The van der Waals surface area contributed by atoms with E-state index in [0.717, 1.165) is 0 Å². The van der Waals surface area contributed by atoms with Gasteiger partial charge in [-0.2, -0.15) is 0 Å². The fraction of sp³-hybridized carbons (Fsp3) is 0.235. The van der Waals surface area contributed by atoms with E-state index in [2.05, 4.69) is 9.47 Å². The van der Waals surface area contributed by atoms with Crippen molar-refractivity contribution >= 4 is 17.7 Å². The molecule has 0 radical (unpaired) electrons. The Morgan fingerprint density at radius 1 is 0.913 bits per heavy atom. The third-order valence-electron chi connectivity index (χ3n) is 3.58. The third kappa shape index (κ3) is 3.48. The van der Waals surface area contributed by atoms with Crippen LogP contribution in [-0.4, -0.2) is 36.5 Å². The van der Waals surface area contributed by atoms with Gasteiger partial charge in [-0.25, -0.2) is 4.79 Å². The maximum Gasteiger partial charge on any atom is 0.337 e. The van der Waals surface area contributed by atoms with Crippen LogP contribution in [0.25, 0.3) is 0 Å². The Morgan fingerprint density at radius 2 is 1.52 bits per heavy atom. The topological polar surface area (TPSA) is 74.6 Å². The van der Waals surface area contributed by atoms with E-state index in [1.807, 2.05) is 0 Å². The van der Waals surface area contributed by atoms with E-state index in [4.69, 9.17) is 0 Å². The van der Waals surface area contributed by atoms with Crippen molar-refractivity contribution in [3.05, 3.63) is 58.9 Å².